The lowest BCUT2D eigenvalue weighted by Crippen LogP contribution is -2.49. The van der Waals surface area contributed by atoms with E-state index in [0.717, 1.165) is 42.8 Å². The highest BCUT2D eigenvalue weighted by Crippen LogP contribution is 2.47. The van der Waals surface area contributed by atoms with Crippen molar-refractivity contribution < 1.29 is 27.5 Å². The summed E-state index contributed by atoms with van der Waals surface area (Å²) in [7, 11) is -3.92. The number of benzene rings is 2. The molecule has 8 nitrogen and oxygen atoms in total. The number of esters is 1. The summed E-state index contributed by atoms with van der Waals surface area (Å²) >= 11 is 6.40. The Kier molecular flexibility index (Phi) is 8.72. The number of carbonyl (C=O) groups is 2. The SMILES string of the molecule is CC[C@@H]1CC/C=C\[C@H](OC(C)=O)[C@@H]2CC[C@H]2CN2C[C@@]3(CCCc4cc(Cl)ccc43)COc3ccc(cc32)C(=O)NS1(=O)=O. The van der Waals surface area contributed by atoms with E-state index in [1.165, 1.54) is 18.1 Å². The summed E-state index contributed by atoms with van der Waals surface area (Å²) in [5, 5.41) is -0.00513. The molecule has 5 atom stereocenters. The third-order valence-electron chi connectivity index (χ3n) is 10.1. The lowest BCUT2D eigenvalue weighted by molar-refractivity contribution is -0.149. The van der Waals surface area contributed by atoms with Crippen LogP contribution < -0.4 is 14.4 Å². The normalized spacial score (nSPS) is 30.4. The summed E-state index contributed by atoms with van der Waals surface area (Å²) in [4.78, 5) is 27.9. The van der Waals surface area contributed by atoms with Crippen LogP contribution in [0, 0.1) is 11.8 Å². The van der Waals surface area contributed by atoms with Crippen LogP contribution in [0.5, 0.6) is 5.75 Å². The van der Waals surface area contributed by atoms with Gasteiger partial charge in [-0.3, -0.25) is 9.59 Å². The van der Waals surface area contributed by atoms with Gasteiger partial charge in [0.1, 0.15) is 11.9 Å². The highest BCUT2D eigenvalue weighted by molar-refractivity contribution is 7.90. The number of amides is 1. The molecule has 236 valence electrons. The van der Waals surface area contributed by atoms with Crippen LogP contribution in [0.25, 0.3) is 0 Å². The minimum atomic E-state index is -3.92. The summed E-state index contributed by atoms with van der Waals surface area (Å²) in [6.07, 6.45) is 9.56. The van der Waals surface area contributed by atoms with Crippen molar-refractivity contribution in [3.63, 3.8) is 0 Å². The zero-order chi connectivity index (χ0) is 31.1. The first-order valence-corrected chi connectivity index (χ1v) is 17.7. The number of ether oxygens (including phenoxy) is 2. The molecule has 2 aliphatic heterocycles. The number of nitrogens with one attached hydrogen (secondary N) is 1. The minimum Gasteiger partial charge on any atom is -0.490 e. The molecular weight excluding hydrogens is 600 g/mol. The average molecular weight is 641 g/mol. The van der Waals surface area contributed by atoms with Crippen molar-refractivity contribution in [1.82, 2.24) is 4.72 Å². The zero-order valence-corrected chi connectivity index (χ0v) is 27.0. The molecule has 2 bridgehead atoms. The van der Waals surface area contributed by atoms with Crippen molar-refractivity contribution in [2.24, 2.45) is 11.8 Å². The minimum absolute atomic E-state index is 0.140. The molecule has 2 aromatic rings. The van der Waals surface area contributed by atoms with E-state index in [1.807, 2.05) is 25.1 Å². The second kappa shape index (κ2) is 12.4. The molecule has 1 amide bonds. The average Bonchev–Trinajstić information content (AvgIpc) is 3.11. The van der Waals surface area contributed by atoms with E-state index in [2.05, 4.69) is 21.8 Å². The van der Waals surface area contributed by atoms with Gasteiger partial charge in [-0.05, 0) is 105 Å². The monoisotopic (exact) mass is 640 g/mol. The van der Waals surface area contributed by atoms with E-state index in [0.29, 0.717) is 44.7 Å². The van der Waals surface area contributed by atoms with Crippen molar-refractivity contribution in [3.8, 4) is 5.75 Å². The van der Waals surface area contributed by atoms with Gasteiger partial charge >= 0.3 is 5.97 Å². The summed E-state index contributed by atoms with van der Waals surface area (Å²) < 4.78 is 41.3. The topological polar surface area (TPSA) is 102 Å². The molecule has 2 aromatic carbocycles. The second-order valence-electron chi connectivity index (χ2n) is 12.9. The zero-order valence-electron chi connectivity index (χ0n) is 25.4. The van der Waals surface area contributed by atoms with Crippen molar-refractivity contribution in [1.29, 1.82) is 0 Å². The smallest absolute Gasteiger partial charge is 0.303 e. The first-order valence-electron chi connectivity index (χ1n) is 15.8. The molecule has 2 aliphatic carbocycles. The number of nitrogens with zero attached hydrogens (tertiary/aromatic N) is 1. The van der Waals surface area contributed by atoms with E-state index < -0.39 is 21.2 Å². The maximum absolute atomic E-state index is 13.4. The lowest BCUT2D eigenvalue weighted by atomic mass is 9.68. The second-order valence-corrected chi connectivity index (χ2v) is 15.3. The molecule has 1 N–H and O–H groups in total. The molecule has 4 aliphatic rings. The Balaban J connectivity index is 1.43. The molecular formula is C34H41ClN2O6S. The van der Waals surface area contributed by atoms with Crippen molar-refractivity contribution in [2.75, 3.05) is 24.6 Å². The molecule has 10 heteroatoms. The number of hydrogen-bond acceptors (Lipinski definition) is 7. The number of allylic oxidation sites excluding steroid dienone is 1. The van der Waals surface area contributed by atoms with E-state index in [-0.39, 0.29) is 34.9 Å². The fraction of sp³-hybridized carbons (Fsp3) is 0.529. The fourth-order valence-corrected chi connectivity index (χ4v) is 9.24. The third-order valence-corrected chi connectivity index (χ3v) is 12.2. The number of rotatable bonds is 2. The van der Waals surface area contributed by atoms with Crippen LogP contribution in [0.15, 0.2) is 48.6 Å². The van der Waals surface area contributed by atoms with Crippen LogP contribution >= 0.6 is 11.6 Å². The predicted octanol–water partition coefficient (Wildman–Crippen LogP) is 5.96. The number of halogens is 1. The molecule has 1 saturated carbocycles. The lowest BCUT2D eigenvalue weighted by Gasteiger charge is -2.45. The number of aryl methyl sites for hydroxylation is 1. The molecule has 0 aromatic heterocycles. The molecule has 0 unspecified atom stereocenters. The van der Waals surface area contributed by atoms with E-state index >= 15 is 0 Å². The van der Waals surface area contributed by atoms with Gasteiger partial charge in [0.25, 0.3) is 5.91 Å². The maximum Gasteiger partial charge on any atom is 0.303 e. The summed E-state index contributed by atoms with van der Waals surface area (Å²) in [6.45, 7) is 5.09. The van der Waals surface area contributed by atoms with Gasteiger partial charge in [0, 0.05) is 41.9 Å². The number of carbonyl (C=O) groups excluding carboxylic acids is 2. The summed E-state index contributed by atoms with van der Waals surface area (Å²) in [5.41, 5.74) is 3.25. The molecule has 0 radical (unpaired) electrons. The van der Waals surface area contributed by atoms with Crippen molar-refractivity contribution >= 4 is 39.2 Å². The molecule has 1 spiro atoms. The Bertz CT molecular complexity index is 1580. The molecule has 2 heterocycles. The van der Waals surface area contributed by atoms with E-state index in [1.54, 1.807) is 18.2 Å². The standard InChI is InChI=1S/C34H41ClN2O6S/c1-3-27-8-4-5-9-31(43-22(2)38)28-13-10-25(28)19-37-20-34(16-6-7-23-17-26(35)12-14-29(23)34)21-42-32-15-11-24(18-30(32)37)33(39)36-44(27,40)41/h5,9,11-12,14-15,17-18,25,27-28,31H,3-4,6-8,10,13,16,19-21H2,1-2H3,(H,36,39)/b9-5-/t25-,27+,28+,31-,34-/m0/s1. The van der Waals surface area contributed by atoms with Gasteiger partial charge in [0.15, 0.2) is 0 Å². The van der Waals surface area contributed by atoms with Crippen LogP contribution in [-0.2, 0) is 31.4 Å². The quantitative estimate of drug-likeness (QED) is 0.319. The van der Waals surface area contributed by atoms with Crippen molar-refractivity contribution in [2.45, 2.75) is 82.0 Å². The van der Waals surface area contributed by atoms with Crippen LogP contribution in [-0.4, -0.2) is 51.3 Å². The summed E-state index contributed by atoms with van der Waals surface area (Å²) in [6, 6.07) is 11.4. The van der Waals surface area contributed by atoms with Crippen LogP contribution in [0.3, 0.4) is 0 Å². The molecule has 6 rings (SSSR count). The number of sulfonamides is 1. The van der Waals surface area contributed by atoms with E-state index in [9.17, 15) is 18.0 Å². The number of hydrogen-bond donors (Lipinski definition) is 1. The Morgan fingerprint density at radius 3 is 2.77 bits per heavy atom. The highest BCUT2D eigenvalue weighted by Gasteiger charge is 2.45. The Morgan fingerprint density at radius 2 is 2.02 bits per heavy atom. The third kappa shape index (κ3) is 6.10. The largest absolute Gasteiger partial charge is 0.490 e. The van der Waals surface area contributed by atoms with Gasteiger partial charge in [-0.2, -0.15) is 0 Å². The van der Waals surface area contributed by atoms with Gasteiger partial charge in [-0.25, -0.2) is 13.1 Å². The number of fused-ring (bicyclic) bond motifs is 4. The highest BCUT2D eigenvalue weighted by atomic mass is 35.5. The maximum atomic E-state index is 13.4. The number of anilines is 1. The van der Waals surface area contributed by atoms with E-state index in [4.69, 9.17) is 21.1 Å². The van der Waals surface area contributed by atoms with Crippen LogP contribution in [0.2, 0.25) is 5.02 Å². The Labute approximate surface area is 265 Å². The van der Waals surface area contributed by atoms with Crippen molar-refractivity contribution in [3.05, 3.63) is 70.3 Å². The molecule has 0 saturated heterocycles. The van der Waals surface area contributed by atoms with Gasteiger partial charge in [-0.1, -0.05) is 30.7 Å². The molecule has 44 heavy (non-hydrogen) atoms. The van der Waals surface area contributed by atoms with Gasteiger partial charge < -0.3 is 14.4 Å². The summed E-state index contributed by atoms with van der Waals surface area (Å²) in [5.74, 6) is 0.103. The first-order chi connectivity index (χ1) is 21.1. The fourth-order valence-electron chi connectivity index (χ4n) is 7.62. The van der Waals surface area contributed by atoms with Crippen LogP contribution in [0.1, 0.15) is 80.3 Å². The van der Waals surface area contributed by atoms with Crippen LogP contribution in [0.4, 0.5) is 5.69 Å². The predicted molar refractivity (Wildman–Crippen MR) is 171 cm³/mol. The Morgan fingerprint density at radius 1 is 1.18 bits per heavy atom. The van der Waals surface area contributed by atoms with Gasteiger partial charge in [0.05, 0.1) is 17.5 Å². The first kappa shape index (κ1) is 31.0. The Hall–Kier alpha value is -3.04. The van der Waals surface area contributed by atoms with Gasteiger partial charge in [0.2, 0.25) is 10.0 Å². The molecule has 1 fully saturated rings. The van der Waals surface area contributed by atoms with Gasteiger partial charge in [-0.15, -0.1) is 0 Å².